The molecule has 3 rings (SSSR count). The van der Waals surface area contributed by atoms with Gasteiger partial charge in [-0.25, -0.2) is 0 Å². The van der Waals surface area contributed by atoms with Gasteiger partial charge in [-0.15, -0.1) is 0 Å². The first kappa shape index (κ1) is 11.0. The lowest BCUT2D eigenvalue weighted by molar-refractivity contribution is 0.408. The van der Waals surface area contributed by atoms with Crippen molar-refractivity contribution in [1.29, 1.82) is 0 Å². The van der Waals surface area contributed by atoms with E-state index in [1.165, 1.54) is 35.0 Å². The standard InChI is InChI=1S/C13H16N2OS/c1-16-9-5-6-12-10(8-9)13(15-17-12)11-4-2-3-7-14-11/h5-6,8,11,14H,2-4,7H2,1H3. The molecular formula is C13H16N2OS. The van der Waals surface area contributed by atoms with Crippen molar-refractivity contribution in [3.8, 4) is 5.75 Å². The number of benzene rings is 1. The van der Waals surface area contributed by atoms with E-state index in [1.54, 1.807) is 18.6 Å². The Kier molecular flexibility index (Phi) is 2.99. The van der Waals surface area contributed by atoms with Gasteiger partial charge in [0, 0.05) is 5.39 Å². The molecule has 1 N–H and O–H groups in total. The molecule has 1 aromatic heterocycles. The summed E-state index contributed by atoms with van der Waals surface area (Å²) in [7, 11) is 1.71. The number of rotatable bonds is 2. The number of aromatic nitrogens is 1. The first-order valence-electron chi connectivity index (χ1n) is 6.05. The van der Waals surface area contributed by atoms with Crippen LogP contribution in [0.15, 0.2) is 18.2 Å². The minimum absolute atomic E-state index is 0.421. The van der Waals surface area contributed by atoms with Crippen molar-refractivity contribution in [1.82, 2.24) is 9.69 Å². The normalized spacial score (nSPS) is 20.6. The van der Waals surface area contributed by atoms with Gasteiger partial charge in [0.25, 0.3) is 0 Å². The Bertz CT molecular complexity index is 517. The van der Waals surface area contributed by atoms with Crippen molar-refractivity contribution in [2.45, 2.75) is 25.3 Å². The van der Waals surface area contributed by atoms with Gasteiger partial charge in [0.05, 0.1) is 23.5 Å². The zero-order chi connectivity index (χ0) is 11.7. The van der Waals surface area contributed by atoms with Crippen LogP contribution in [0.25, 0.3) is 10.1 Å². The summed E-state index contributed by atoms with van der Waals surface area (Å²) in [6.45, 7) is 1.10. The summed E-state index contributed by atoms with van der Waals surface area (Å²) in [5.41, 5.74) is 1.20. The lowest BCUT2D eigenvalue weighted by Gasteiger charge is -2.22. The molecule has 1 atom stereocenters. The lowest BCUT2D eigenvalue weighted by Crippen LogP contribution is -2.27. The average molecular weight is 248 g/mol. The minimum Gasteiger partial charge on any atom is -0.497 e. The smallest absolute Gasteiger partial charge is 0.119 e. The molecule has 1 unspecified atom stereocenters. The zero-order valence-corrected chi connectivity index (χ0v) is 10.7. The van der Waals surface area contributed by atoms with E-state index >= 15 is 0 Å². The molecule has 1 saturated heterocycles. The highest BCUT2D eigenvalue weighted by molar-refractivity contribution is 7.13. The van der Waals surface area contributed by atoms with Crippen molar-refractivity contribution in [2.24, 2.45) is 0 Å². The molecule has 2 heterocycles. The number of piperidine rings is 1. The molecule has 0 radical (unpaired) electrons. The quantitative estimate of drug-likeness (QED) is 0.886. The van der Waals surface area contributed by atoms with Gasteiger partial charge >= 0.3 is 0 Å². The monoisotopic (exact) mass is 248 g/mol. The molecule has 4 heteroatoms. The van der Waals surface area contributed by atoms with Gasteiger partial charge in [0.2, 0.25) is 0 Å². The fourth-order valence-corrected chi connectivity index (χ4v) is 3.21. The largest absolute Gasteiger partial charge is 0.497 e. The van der Waals surface area contributed by atoms with E-state index in [0.29, 0.717) is 6.04 Å². The second kappa shape index (κ2) is 4.63. The van der Waals surface area contributed by atoms with Crippen molar-refractivity contribution in [3.63, 3.8) is 0 Å². The Morgan fingerprint density at radius 1 is 1.41 bits per heavy atom. The fraction of sp³-hybridized carbons (Fsp3) is 0.462. The molecule has 90 valence electrons. The highest BCUT2D eigenvalue weighted by atomic mass is 32.1. The molecule has 2 aromatic rings. The molecule has 3 nitrogen and oxygen atoms in total. The second-order valence-electron chi connectivity index (χ2n) is 4.43. The van der Waals surface area contributed by atoms with Crippen LogP contribution in [0.3, 0.4) is 0 Å². The van der Waals surface area contributed by atoms with Crippen LogP contribution in [0, 0.1) is 0 Å². The zero-order valence-electron chi connectivity index (χ0n) is 9.90. The highest BCUT2D eigenvalue weighted by Crippen LogP contribution is 2.33. The summed E-state index contributed by atoms with van der Waals surface area (Å²) in [6.07, 6.45) is 3.76. The number of hydrogen-bond acceptors (Lipinski definition) is 4. The number of methoxy groups -OCH3 is 1. The Balaban J connectivity index is 2.02. The molecule has 1 fully saturated rings. The van der Waals surface area contributed by atoms with E-state index in [4.69, 9.17) is 4.74 Å². The van der Waals surface area contributed by atoms with Crippen LogP contribution in [0.5, 0.6) is 5.75 Å². The molecule has 0 bridgehead atoms. The van der Waals surface area contributed by atoms with Crippen LogP contribution in [-0.4, -0.2) is 18.0 Å². The van der Waals surface area contributed by atoms with Crippen LogP contribution in [0.4, 0.5) is 0 Å². The van der Waals surface area contributed by atoms with Gasteiger partial charge in [-0.05, 0) is 49.1 Å². The van der Waals surface area contributed by atoms with Crippen LogP contribution in [0.2, 0.25) is 0 Å². The van der Waals surface area contributed by atoms with Crippen LogP contribution in [0.1, 0.15) is 31.0 Å². The maximum atomic E-state index is 5.29. The molecule has 1 aliphatic rings. The summed E-state index contributed by atoms with van der Waals surface area (Å²) < 4.78 is 11.2. The summed E-state index contributed by atoms with van der Waals surface area (Å²) >= 11 is 1.58. The molecule has 0 aliphatic carbocycles. The Morgan fingerprint density at radius 2 is 2.35 bits per heavy atom. The van der Waals surface area contributed by atoms with Gasteiger partial charge < -0.3 is 10.1 Å². The maximum Gasteiger partial charge on any atom is 0.119 e. The average Bonchev–Trinajstić information content (AvgIpc) is 2.82. The molecule has 0 spiro atoms. The van der Waals surface area contributed by atoms with E-state index in [0.717, 1.165) is 12.3 Å². The van der Waals surface area contributed by atoms with E-state index < -0.39 is 0 Å². The third-order valence-corrected chi connectivity index (χ3v) is 4.19. The van der Waals surface area contributed by atoms with Crippen molar-refractivity contribution in [3.05, 3.63) is 23.9 Å². The number of nitrogens with zero attached hydrogens (tertiary/aromatic N) is 1. The van der Waals surface area contributed by atoms with Gasteiger partial charge in [0.1, 0.15) is 5.75 Å². The van der Waals surface area contributed by atoms with E-state index in [9.17, 15) is 0 Å². The minimum atomic E-state index is 0.421. The van der Waals surface area contributed by atoms with Crippen LogP contribution in [-0.2, 0) is 0 Å². The number of hydrogen-bond donors (Lipinski definition) is 1. The van der Waals surface area contributed by atoms with E-state index in [-0.39, 0.29) is 0 Å². The molecule has 0 saturated carbocycles. The van der Waals surface area contributed by atoms with Crippen molar-refractivity contribution in [2.75, 3.05) is 13.7 Å². The first-order valence-corrected chi connectivity index (χ1v) is 6.82. The summed E-state index contributed by atoms with van der Waals surface area (Å²) in [6, 6.07) is 6.62. The third-order valence-electron chi connectivity index (χ3n) is 3.35. The van der Waals surface area contributed by atoms with Crippen LogP contribution < -0.4 is 10.1 Å². The van der Waals surface area contributed by atoms with E-state index in [1.807, 2.05) is 6.07 Å². The van der Waals surface area contributed by atoms with Crippen LogP contribution >= 0.6 is 11.5 Å². The van der Waals surface area contributed by atoms with Gasteiger partial charge in [-0.2, -0.15) is 4.37 Å². The summed E-state index contributed by atoms with van der Waals surface area (Å²) in [5.74, 6) is 0.912. The van der Waals surface area contributed by atoms with Gasteiger partial charge in [-0.1, -0.05) is 6.42 Å². The highest BCUT2D eigenvalue weighted by Gasteiger charge is 2.20. The van der Waals surface area contributed by atoms with Crippen molar-refractivity contribution >= 4 is 21.6 Å². The predicted octanol–water partition coefficient (Wildman–Crippen LogP) is 3.12. The Labute approximate surface area is 105 Å². The van der Waals surface area contributed by atoms with Gasteiger partial charge in [-0.3, -0.25) is 0 Å². The topological polar surface area (TPSA) is 34.1 Å². The second-order valence-corrected chi connectivity index (χ2v) is 5.24. The molecule has 1 aliphatic heterocycles. The Morgan fingerprint density at radius 3 is 3.12 bits per heavy atom. The molecule has 17 heavy (non-hydrogen) atoms. The summed E-state index contributed by atoms with van der Waals surface area (Å²) in [5, 5.41) is 4.80. The third kappa shape index (κ3) is 2.03. The molecule has 0 amide bonds. The predicted molar refractivity (Wildman–Crippen MR) is 70.8 cm³/mol. The van der Waals surface area contributed by atoms with E-state index in [2.05, 4.69) is 21.8 Å². The Hall–Kier alpha value is -1.13. The fourth-order valence-electron chi connectivity index (χ4n) is 2.40. The SMILES string of the molecule is COc1ccc2snc(C3CCCCN3)c2c1. The summed E-state index contributed by atoms with van der Waals surface area (Å²) in [4.78, 5) is 0. The number of ether oxygens (including phenoxy) is 1. The maximum absolute atomic E-state index is 5.29. The van der Waals surface area contributed by atoms with Crippen molar-refractivity contribution < 1.29 is 4.74 Å². The number of nitrogens with one attached hydrogen (secondary N) is 1. The molecule has 1 aromatic carbocycles. The lowest BCUT2D eigenvalue weighted by atomic mass is 10.00. The number of fused-ring (bicyclic) bond motifs is 1. The van der Waals surface area contributed by atoms with Gasteiger partial charge in [0.15, 0.2) is 0 Å². The molecular weight excluding hydrogens is 232 g/mol. The first-order chi connectivity index (χ1) is 8.38.